The largest absolute Gasteiger partial charge is 0.380 e. The minimum Gasteiger partial charge on any atom is -0.380 e. The van der Waals surface area contributed by atoms with Gasteiger partial charge in [-0.25, -0.2) is 0 Å². The summed E-state index contributed by atoms with van der Waals surface area (Å²) < 4.78 is 5.61. The highest BCUT2D eigenvalue weighted by molar-refractivity contribution is 4.77. The Balaban J connectivity index is 1.97. The maximum atomic E-state index is 5.61. The Bertz CT molecular complexity index is 185. The Morgan fingerprint density at radius 3 is 2.88 bits per heavy atom. The van der Waals surface area contributed by atoms with E-state index in [4.69, 9.17) is 4.74 Å². The van der Waals surface area contributed by atoms with Crippen LogP contribution < -0.4 is 5.32 Å². The SMILES string of the molecule is CCCCOCCN1CCC(CNC(C)C)C1. The zero-order chi connectivity index (χ0) is 12.5. The number of unbranched alkanes of at least 4 members (excludes halogenated alkanes) is 1. The third-order valence-electron chi connectivity index (χ3n) is 3.38. The zero-order valence-electron chi connectivity index (χ0n) is 11.9. The number of rotatable bonds is 9. The fourth-order valence-corrected chi connectivity index (χ4v) is 2.23. The molecule has 1 rings (SSSR count). The van der Waals surface area contributed by atoms with Crippen LogP contribution in [0.15, 0.2) is 0 Å². The highest BCUT2D eigenvalue weighted by Gasteiger charge is 2.21. The van der Waals surface area contributed by atoms with Crippen molar-refractivity contribution in [3.8, 4) is 0 Å². The number of likely N-dealkylation sites (tertiary alicyclic amines) is 1. The topological polar surface area (TPSA) is 24.5 Å². The molecule has 0 aliphatic carbocycles. The number of nitrogens with one attached hydrogen (secondary N) is 1. The molecule has 1 heterocycles. The molecule has 1 aliphatic heterocycles. The summed E-state index contributed by atoms with van der Waals surface area (Å²) in [7, 11) is 0. The van der Waals surface area contributed by atoms with E-state index in [1.165, 1.54) is 38.9 Å². The lowest BCUT2D eigenvalue weighted by Crippen LogP contribution is -2.31. The third kappa shape index (κ3) is 7.02. The second kappa shape index (κ2) is 8.90. The highest BCUT2D eigenvalue weighted by Crippen LogP contribution is 2.14. The van der Waals surface area contributed by atoms with Gasteiger partial charge in [0.15, 0.2) is 0 Å². The summed E-state index contributed by atoms with van der Waals surface area (Å²) in [5.74, 6) is 0.841. The van der Waals surface area contributed by atoms with Gasteiger partial charge in [-0.15, -0.1) is 0 Å². The van der Waals surface area contributed by atoms with Crippen LogP contribution in [0.25, 0.3) is 0 Å². The molecule has 3 nitrogen and oxygen atoms in total. The molecule has 0 aromatic heterocycles. The van der Waals surface area contributed by atoms with Gasteiger partial charge in [-0.05, 0) is 31.8 Å². The average Bonchev–Trinajstić information content (AvgIpc) is 2.74. The fraction of sp³-hybridized carbons (Fsp3) is 1.00. The molecule has 0 spiro atoms. The normalized spacial score (nSPS) is 21.5. The predicted octanol–water partition coefficient (Wildman–Crippen LogP) is 2.12. The Hall–Kier alpha value is -0.120. The fourth-order valence-electron chi connectivity index (χ4n) is 2.23. The standard InChI is InChI=1S/C14H30N2O/c1-4-5-9-17-10-8-16-7-6-14(12-16)11-15-13(2)3/h13-15H,4-12H2,1-3H3. The molecule has 1 aliphatic rings. The van der Waals surface area contributed by atoms with Crippen LogP contribution in [0.4, 0.5) is 0 Å². The monoisotopic (exact) mass is 242 g/mol. The van der Waals surface area contributed by atoms with E-state index in [1.54, 1.807) is 0 Å². The molecule has 1 atom stereocenters. The molecule has 0 radical (unpaired) electrons. The molecule has 17 heavy (non-hydrogen) atoms. The summed E-state index contributed by atoms with van der Waals surface area (Å²) in [6.07, 6.45) is 3.77. The van der Waals surface area contributed by atoms with Crippen molar-refractivity contribution in [1.82, 2.24) is 10.2 Å². The molecular weight excluding hydrogens is 212 g/mol. The van der Waals surface area contributed by atoms with E-state index in [2.05, 4.69) is 31.0 Å². The van der Waals surface area contributed by atoms with Gasteiger partial charge in [-0.1, -0.05) is 27.2 Å². The van der Waals surface area contributed by atoms with Crippen LogP contribution >= 0.6 is 0 Å². The first-order chi connectivity index (χ1) is 8.22. The van der Waals surface area contributed by atoms with Gasteiger partial charge in [0.2, 0.25) is 0 Å². The first-order valence-electron chi connectivity index (χ1n) is 7.25. The van der Waals surface area contributed by atoms with Gasteiger partial charge >= 0.3 is 0 Å². The van der Waals surface area contributed by atoms with Crippen molar-refractivity contribution in [2.45, 2.75) is 46.1 Å². The number of ether oxygens (including phenoxy) is 1. The van der Waals surface area contributed by atoms with Crippen molar-refractivity contribution in [2.24, 2.45) is 5.92 Å². The van der Waals surface area contributed by atoms with E-state index in [9.17, 15) is 0 Å². The molecule has 0 aromatic carbocycles. The molecule has 1 unspecified atom stereocenters. The van der Waals surface area contributed by atoms with Gasteiger partial charge < -0.3 is 15.0 Å². The lowest BCUT2D eigenvalue weighted by Gasteiger charge is -2.17. The van der Waals surface area contributed by atoms with Gasteiger partial charge in [-0.2, -0.15) is 0 Å². The molecular formula is C14H30N2O. The van der Waals surface area contributed by atoms with Crippen molar-refractivity contribution < 1.29 is 4.74 Å². The summed E-state index contributed by atoms with van der Waals surface area (Å²) in [4.78, 5) is 2.54. The van der Waals surface area contributed by atoms with Gasteiger partial charge in [0.05, 0.1) is 6.61 Å². The number of nitrogens with zero attached hydrogens (tertiary/aromatic N) is 1. The second-order valence-corrected chi connectivity index (χ2v) is 5.48. The van der Waals surface area contributed by atoms with Crippen molar-refractivity contribution in [2.75, 3.05) is 39.4 Å². The van der Waals surface area contributed by atoms with E-state index in [-0.39, 0.29) is 0 Å². The number of hydrogen-bond donors (Lipinski definition) is 1. The zero-order valence-corrected chi connectivity index (χ0v) is 11.9. The summed E-state index contributed by atoms with van der Waals surface area (Å²) in [6.45, 7) is 13.3. The van der Waals surface area contributed by atoms with Gasteiger partial charge in [0.25, 0.3) is 0 Å². The summed E-state index contributed by atoms with van der Waals surface area (Å²) >= 11 is 0. The lowest BCUT2D eigenvalue weighted by atomic mass is 10.1. The molecule has 0 bridgehead atoms. The Morgan fingerprint density at radius 1 is 1.35 bits per heavy atom. The number of hydrogen-bond acceptors (Lipinski definition) is 3. The maximum absolute atomic E-state index is 5.61. The first-order valence-corrected chi connectivity index (χ1v) is 7.25. The van der Waals surface area contributed by atoms with Crippen molar-refractivity contribution in [3.05, 3.63) is 0 Å². The van der Waals surface area contributed by atoms with Crippen molar-refractivity contribution in [1.29, 1.82) is 0 Å². The van der Waals surface area contributed by atoms with Crippen LogP contribution in [0.5, 0.6) is 0 Å². The quantitative estimate of drug-likeness (QED) is 0.627. The summed E-state index contributed by atoms with van der Waals surface area (Å²) in [6, 6.07) is 0.612. The molecule has 102 valence electrons. The molecule has 0 saturated carbocycles. The van der Waals surface area contributed by atoms with Crippen molar-refractivity contribution >= 4 is 0 Å². The van der Waals surface area contributed by atoms with Crippen LogP contribution in [0.1, 0.15) is 40.0 Å². The van der Waals surface area contributed by atoms with Crippen LogP contribution in [-0.4, -0.2) is 50.3 Å². The lowest BCUT2D eigenvalue weighted by molar-refractivity contribution is 0.108. The van der Waals surface area contributed by atoms with Crippen molar-refractivity contribution in [3.63, 3.8) is 0 Å². The van der Waals surface area contributed by atoms with Crippen LogP contribution in [0.2, 0.25) is 0 Å². The van der Waals surface area contributed by atoms with Gasteiger partial charge in [-0.3, -0.25) is 0 Å². The van der Waals surface area contributed by atoms with Crippen LogP contribution in [0, 0.1) is 5.92 Å². The van der Waals surface area contributed by atoms with E-state index in [0.29, 0.717) is 6.04 Å². The van der Waals surface area contributed by atoms with Gasteiger partial charge in [0, 0.05) is 25.7 Å². The molecule has 1 N–H and O–H groups in total. The van der Waals surface area contributed by atoms with E-state index in [1.807, 2.05) is 0 Å². The Labute approximate surface area is 107 Å². The average molecular weight is 242 g/mol. The third-order valence-corrected chi connectivity index (χ3v) is 3.38. The Kier molecular flexibility index (Phi) is 7.82. The molecule has 1 saturated heterocycles. The minimum atomic E-state index is 0.612. The van der Waals surface area contributed by atoms with Crippen LogP contribution in [0.3, 0.4) is 0 Å². The van der Waals surface area contributed by atoms with E-state index in [0.717, 1.165) is 25.7 Å². The maximum Gasteiger partial charge on any atom is 0.0593 e. The molecule has 0 aromatic rings. The minimum absolute atomic E-state index is 0.612. The molecule has 0 amide bonds. The Morgan fingerprint density at radius 2 is 2.18 bits per heavy atom. The summed E-state index contributed by atoms with van der Waals surface area (Å²) in [5.41, 5.74) is 0. The molecule has 1 fully saturated rings. The predicted molar refractivity (Wildman–Crippen MR) is 73.4 cm³/mol. The second-order valence-electron chi connectivity index (χ2n) is 5.48. The first kappa shape index (κ1) is 14.9. The van der Waals surface area contributed by atoms with Crippen LogP contribution in [-0.2, 0) is 4.74 Å². The highest BCUT2D eigenvalue weighted by atomic mass is 16.5. The van der Waals surface area contributed by atoms with E-state index < -0.39 is 0 Å². The smallest absolute Gasteiger partial charge is 0.0593 e. The molecule has 3 heteroatoms. The van der Waals surface area contributed by atoms with Gasteiger partial charge in [0.1, 0.15) is 0 Å². The summed E-state index contributed by atoms with van der Waals surface area (Å²) in [5, 5.41) is 3.53. The van der Waals surface area contributed by atoms with E-state index >= 15 is 0 Å².